The Labute approximate surface area is 100 Å². The summed E-state index contributed by atoms with van der Waals surface area (Å²) in [7, 11) is 0. The zero-order valence-electron chi connectivity index (χ0n) is 9.69. The van der Waals surface area contributed by atoms with Gasteiger partial charge in [-0.15, -0.1) is 0 Å². The summed E-state index contributed by atoms with van der Waals surface area (Å²) in [4.78, 5) is 15.5. The average Bonchev–Trinajstić information content (AvgIpc) is 2.34. The lowest BCUT2D eigenvalue weighted by Crippen LogP contribution is -2.19. The van der Waals surface area contributed by atoms with Gasteiger partial charge in [-0.2, -0.15) is 0 Å². The fraction of sp³-hybridized carbons (Fsp3) is 0.333. The van der Waals surface area contributed by atoms with E-state index in [4.69, 9.17) is 10.5 Å². The smallest absolute Gasteiger partial charge is 0.251 e. The molecule has 1 heterocycles. The number of rotatable bonds is 4. The van der Waals surface area contributed by atoms with E-state index in [-0.39, 0.29) is 19.1 Å². The number of ether oxygens (including phenoxy) is 1. The number of nitrogens with two attached hydrogens (primary N) is 1. The maximum atomic E-state index is 11.4. The third-order valence-electron chi connectivity index (χ3n) is 1.77. The molecule has 17 heavy (non-hydrogen) atoms. The summed E-state index contributed by atoms with van der Waals surface area (Å²) in [5.41, 5.74) is 5.84. The van der Waals surface area contributed by atoms with E-state index < -0.39 is 0 Å². The topological polar surface area (TPSA) is 77.2 Å². The van der Waals surface area contributed by atoms with Gasteiger partial charge in [0.2, 0.25) is 0 Å². The van der Waals surface area contributed by atoms with Crippen LogP contribution in [0.1, 0.15) is 12.6 Å². The first kappa shape index (κ1) is 13.2. The van der Waals surface area contributed by atoms with Crippen LogP contribution in [0, 0.1) is 11.8 Å². The quantitative estimate of drug-likeness (QED) is 0.736. The number of carbonyl (C=O) groups is 1. The first-order valence-corrected chi connectivity index (χ1v) is 5.30. The van der Waals surface area contributed by atoms with E-state index in [1.165, 1.54) is 0 Å². The van der Waals surface area contributed by atoms with E-state index in [0.29, 0.717) is 18.1 Å². The fourth-order valence-corrected chi connectivity index (χ4v) is 1.09. The molecule has 0 spiro atoms. The summed E-state index contributed by atoms with van der Waals surface area (Å²) in [6.45, 7) is 2.64. The van der Waals surface area contributed by atoms with E-state index >= 15 is 0 Å². The van der Waals surface area contributed by atoms with Gasteiger partial charge in [-0.05, 0) is 25.0 Å². The highest BCUT2D eigenvalue weighted by Crippen LogP contribution is 2.03. The zero-order valence-corrected chi connectivity index (χ0v) is 9.69. The van der Waals surface area contributed by atoms with Crippen LogP contribution in [-0.4, -0.2) is 30.6 Å². The molecule has 0 unspecified atom stereocenters. The average molecular weight is 233 g/mol. The van der Waals surface area contributed by atoms with Crippen molar-refractivity contribution in [3.8, 4) is 11.8 Å². The predicted molar refractivity (Wildman–Crippen MR) is 65.3 cm³/mol. The molecule has 3 N–H and O–H groups in total. The van der Waals surface area contributed by atoms with Gasteiger partial charge in [0.15, 0.2) is 0 Å². The molecule has 1 rings (SSSR count). The largest absolute Gasteiger partial charge is 0.372 e. The van der Waals surface area contributed by atoms with Crippen molar-refractivity contribution in [3.05, 3.63) is 23.9 Å². The molecular formula is C12H15N3O2. The van der Waals surface area contributed by atoms with E-state index in [0.717, 1.165) is 0 Å². The number of hydrogen-bond acceptors (Lipinski definition) is 4. The Morgan fingerprint density at radius 1 is 1.59 bits per heavy atom. The van der Waals surface area contributed by atoms with Crippen LogP contribution in [0.2, 0.25) is 0 Å². The number of amides is 1. The highest BCUT2D eigenvalue weighted by Gasteiger charge is 2.02. The van der Waals surface area contributed by atoms with Crippen LogP contribution in [-0.2, 0) is 9.53 Å². The molecule has 0 fully saturated rings. The number of pyridine rings is 1. The summed E-state index contributed by atoms with van der Waals surface area (Å²) in [5.74, 6) is 5.71. The van der Waals surface area contributed by atoms with Gasteiger partial charge in [-0.1, -0.05) is 12.0 Å². The van der Waals surface area contributed by atoms with Crippen LogP contribution in [0.4, 0.5) is 5.82 Å². The second-order valence-corrected chi connectivity index (χ2v) is 3.10. The van der Waals surface area contributed by atoms with E-state index in [1.54, 1.807) is 18.2 Å². The lowest BCUT2D eigenvalue weighted by Gasteiger charge is -2.04. The Balaban J connectivity index is 2.62. The number of aromatic nitrogens is 1. The lowest BCUT2D eigenvalue weighted by molar-refractivity contribution is -0.120. The standard InChI is InChI=1S/C12H15N3O2/c1-2-17-9-12(16)15-11-7-3-5-10(14-11)6-4-8-13/h3,5,7H,2,8-9,13H2,1H3,(H,14,15,16). The number of nitrogens with one attached hydrogen (secondary N) is 1. The maximum absolute atomic E-state index is 11.4. The van der Waals surface area contributed by atoms with Gasteiger partial charge in [-0.3, -0.25) is 4.79 Å². The van der Waals surface area contributed by atoms with Gasteiger partial charge in [0.25, 0.3) is 5.91 Å². The minimum Gasteiger partial charge on any atom is -0.372 e. The minimum atomic E-state index is -0.233. The van der Waals surface area contributed by atoms with Crippen molar-refractivity contribution in [2.75, 3.05) is 25.1 Å². The van der Waals surface area contributed by atoms with Crippen LogP contribution in [0.25, 0.3) is 0 Å². The molecule has 0 atom stereocenters. The minimum absolute atomic E-state index is 0.0247. The maximum Gasteiger partial charge on any atom is 0.251 e. The molecule has 0 aliphatic heterocycles. The Morgan fingerprint density at radius 3 is 3.12 bits per heavy atom. The molecule has 0 bridgehead atoms. The van der Waals surface area contributed by atoms with Gasteiger partial charge in [0, 0.05) is 6.61 Å². The molecule has 1 aromatic heterocycles. The van der Waals surface area contributed by atoms with Crippen LogP contribution in [0.5, 0.6) is 0 Å². The van der Waals surface area contributed by atoms with Gasteiger partial charge in [-0.25, -0.2) is 4.98 Å². The predicted octanol–water partition coefficient (Wildman–Crippen LogP) is 0.367. The SMILES string of the molecule is CCOCC(=O)Nc1cccc(C#CCN)n1. The number of carbonyl (C=O) groups excluding carboxylic acids is 1. The molecule has 5 nitrogen and oxygen atoms in total. The number of hydrogen-bond donors (Lipinski definition) is 2. The van der Waals surface area contributed by atoms with E-state index in [1.807, 2.05) is 6.92 Å². The molecule has 90 valence electrons. The van der Waals surface area contributed by atoms with Crippen molar-refractivity contribution in [3.63, 3.8) is 0 Å². The highest BCUT2D eigenvalue weighted by atomic mass is 16.5. The van der Waals surface area contributed by atoms with Crippen molar-refractivity contribution < 1.29 is 9.53 Å². The summed E-state index contributed by atoms with van der Waals surface area (Å²) in [6.07, 6.45) is 0. The van der Waals surface area contributed by atoms with Crippen molar-refractivity contribution in [1.82, 2.24) is 4.98 Å². The third-order valence-corrected chi connectivity index (χ3v) is 1.77. The van der Waals surface area contributed by atoms with E-state index in [2.05, 4.69) is 22.1 Å². The van der Waals surface area contributed by atoms with Gasteiger partial charge >= 0.3 is 0 Å². The Kier molecular flexibility index (Phi) is 5.72. The van der Waals surface area contributed by atoms with Gasteiger partial charge in [0.05, 0.1) is 6.54 Å². The molecule has 1 aromatic rings. The van der Waals surface area contributed by atoms with Gasteiger partial charge in [0.1, 0.15) is 18.1 Å². The number of anilines is 1. The molecular weight excluding hydrogens is 218 g/mol. The summed E-state index contributed by atoms with van der Waals surface area (Å²) >= 11 is 0. The molecule has 0 saturated heterocycles. The van der Waals surface area contributed by atoms with Gasteiger partial charge < -0.3 is 15.8 Å². The summed E-state index contributed by atoms with van der Waals surface area (Å²) in [6, 6.07) is 5.21. The van der Waals surface area contributed by atoms with Crippen molar-refractivity contribution in [1.29, 1.82) is 0 Å². The molecule has 0 aliphatic rings. The Morgan fingerprint density at radius 2 is 2.41 bits per heavy atom. The molecule has 0 aliphatic carbocycles. The summed E-state index contributed by atoms with van der Waals surface area (Å²) < 4.78 is 4.98. The van der Waals surface area contributed by atoms with Crippen LogP contribution in [0.3, 0.4) is 0 Å². The summed E-state index contributed by atoms with van der Waals surface area (Å²) in [5, 5.41) is 2.62. The second-order valence-electron chi connectivity index (χ2n) is 3.10. The fourth-order valence-electron chi connectivity index (χ4n) is 1.09. The molecule has 0 aromatic carbocycles. The van der Waals surface area contributed by atoms with E-state index in [9.17, 15) is 4.79 Å². The zero-order chi connectivity index (χ0) is 12.5. The highest BCUT2D eigenvalue weighted by molar-refractivity contribution is 5.90. The third kappa shape index (κ3) is 5.11. The van der Waals surface area contributed by atoms with Crippen LogP contribution in [0.15, 0.2) is 18.2 Å². The van der Waals surface area contributed by atoms with Crippen molar-refractivity contribution in [2.24, 2.45) is 5.73 Å². The first-order chi connectivity index (χ1) is 8.26. The van der Waals surface area contributed by atoms with Crippen molar-refractivity contribution >= 4 is 11.7 Å². The van der Waals surface area contributed by atoms with Crippen LogP contribution >= 0.6 is 0 Å². The molecule has 5 heteroatoms. The van der Waals surface area contributed by atoms with Crippen molar-refractivity contribution in [2.45, 2.75) is 6.92 Å². The lowest BCUT2D eigenvalue weighted by atomic mass is 10.3. The molecule has 1 amide bonds. The Bertz CT molecular complexity index is 435. The normalized spacial score (nSPS) is 9.29. The Hall–Kier alpha value is -1.90. The second kappa shape index (κ2) is 7.39. The molecule has 0 saturated carbocycles. The number of nitrogens with zero attached hydrogens (tertiary/aromatic N) is 1. The first-order valence-electron chi connectivity index (χ1n) is 5.30. The molecule has 0 radical (unpaired) electrons. The van der Waals surface area contributed by atoms with Crippen LogP contribution < -0.4 is 11.1 Å². The monoisotopic (exact) mass is 233 g/mol.